The zero-order valence-electron chi connectivity index (χ0n) is 15.9. The van der Waals surface area contributed by atoms with Crippen molar-refractivity contribution in [3.63, 3.8) is 0 Å². The second kappa shape index (κ2) is 10.6. The molecule has 0 unspecified atom stereocenters. The lowest BCUT2D eigenvalue weighted by Crippen LogP contribution is -2.29. The number of thiazole rings is 1. The molecule has 0 bridgehead atoms. The Morgan fingerprint density at radius 3 is 2.82 bits per heavy atom. The van der Waals surface area contributed by atoms with Crippen molar-refractivity contribution < 1.29 is 14.3 Å². The lowest BCUT2D eigenvalue weighted by atomic mass is 10.3. The van der Waals surface area contributed by atoms with Crippen molar-refractivity contribution in [2.24, 2.45) is 4.99 Å². The van der Waals surface area contributed by atoms with Crippen LogP contribution in [0.3, 0.4) is 0 Å². The molecule has 2 heterocycles. The molecule has 0 N–H and O–H groups in total. The first-order valence-corrected chi connectivity index (χ1v) is 12.1. The topological polar surface area (TPSA) is 63.9 Å². The molecule has 152 valence electrons. The number of rotatable bonds is 8. The Balaban J connectivity index is 1.69. The fourth-order valence-electron chi connectivity index (χ4n) is 3.07. The molecule has 6 nitrogen and oxygen atoms in total. The predicted octanol–water partition coefficient (Wildman–Crippen LogP) is 3.28. The molecule has 9 heteroatoms. The predicted molar refractivity (Wildman–Crippen MR) is 118 cm³/mol. The summed E-state index contributed by atoms with van der Waals surface area (Å²) in [5.41, 5.74) is 1.04. The van der Waals surface area contributed by atoms with Gasteiger partial charge in [0.1, 0.15) is 0 Å². The number of fused-ring (bicyclic) bond motifs is 1. The summed E-state index contributed by atoms with van der Waals surface area (Å²) in [5.74, 6) is 0.456. The van der Waals surface area contributed by atoms with E-state index < -0.39 is 0 Å². The van der Waals surface area contributed by atoms with E-state index in [1.807, 2.05) is 34.6 Å². The second-order valence-electron chi connectivity index (χ2n) is 6.43. The number of hydrogen-bond donors (Lipinski definition) is 0. The third-order valence-corrected chi connectivity index (χ3v) is 6.87. The van der Waals surface area contributed by atoms with Gasteiger partial charge in [-0.25, -0.2) is 0 Å². The fraction of sp³-hybridized carbons (Fsp3) is 0.526. The van der Waals surface area contributed by atoms with Crippen molar-refractivity contribution in [3.8, 4) is 0 Å². The zero-order valence-corrected chi connectivity index (χ0v) is 19.1. The minimum atomic E-state index is -0.213. The van der Waals surface area contributed by atoms with Crippen LogP contribution < -0.4 is 4.80 Å². The van der Waals surface area contributed by atoms with Gasteiger partial charge in [-0.05, 0) is 38.0 Å². The highest BCUT2D eigenvalue weighted by molar-refractivity contribution is 9.10. The molecular weight excluding hydrogens is 462 g/mol. The van der Waals surface area contributed by atoms with Gasteiger partial charge in [-0.15, -0.1) is 11.8 Å². The van der Waals surface area contributed by atoms with Crippen molar-refractivity contribution in [1.29, 1.82) is 0 Å². The third-order valence-electron chi connectivity index (χ3n) is 4.44. The van der Waals surface area contributed by atoms with Gasteiger partial charge in [-0.2, -0.15) is 4.99 Å². The molecule has 28 heavy (non-hydrogen) atoms. The van der Waals surface area contributed by atoms with E-state index in [0.717, 1.165) is 40.6 Å². The fourth-order valence-corrected chi connectivity index (χ4v) is 5.39. The van der Waals surface area contributed by atoms with Crippen LogP contribution in [0.15, 0.2) is 27.7 Å². The van der Waals surface area contributed by atoms with E-state index in [2.05, 4.69) is 20.9 Å². The van der Waals surface area contributed by atoms with E-state index in [0.29, 0.717) is 30.3 Å². The number of thioether (sulfide) groups is 1. The monoisotopic (exact) mass is 485 g/mol. The zero-order chi connectivity index (χ0) is 19.9. The highest BCUT2D eigenvalue weighted by Crippen LogP contribution is 2.22. The van der Waals surface area contributed by atoms with Crippen LogP contribution in [0.4, 0.5) is 0 Å². The Bertz CT molecular complexity index is 903. The van der Waals surface area contributed by atoms with Gasteiger partial charge in [0.15, 0.2) is 4.80 Å². The van der Waals surface area contributed by atoms with Gasteiger partial charge in [0.25, 0.3) is 5.91 Å². The van der Waals surface area contributed by atoms with E-state index in [4.69, 9.17) is 4.74 Å². The number of benzene rings is 1. The van der Waals surface area contributed by atoms with Crippen molar-refractivity contribution in [2.45, 2.75) is 26.3 Å². The average Bonchev–Trinajstić information content (AvgIpc) is 3.30. The minimum absolute atomic E-state index is 0.119. The average molecular weight is 486 g/mol. The van der Waals surface area contributed by atoms with Gasteiger partial charge < -0.3 is 14.2 Å². The lowest BCUT2D eigenvalue weighted by molar-refractivity contribution is -0.127. The first-order chi connectivity index (χ1) is 13.6. The summed E-state index contributed by atoms with van der Waals surface area (Å²) >= 11 is 6.32. The van der Waals surface area contributed by atoms with Crippen molar-refractivity contribution in [2.75, 3.05) is 37.8 Å². The number of nitrogens with zero attached hydrogens (tertiary/aromatic N) is 3. The SMILES string of the molecule is CCOCCn1c(=NC(=O)CSCC(=O)N2CCCC2)sc2cc(Br)ccc21. The summed E-state index contributed by atoms with van der Waals surface area (Å²) < 4.78 is 9.57. The molecule has 1 fully saturated rings. The van der Waals surface area contributed by atoms with Crippen LogP contribution in [0.2, 0.25) is 0 Å². The van der Waals surface area contributed by atoms with Gasteiger partial charge in [0.2, 0.25) is 5.91 Å². The first kappa shape index (κ1) is 21.5. The van der Waals surface area contributed by atoms with Crippen molar-refractivity contribution in [1.82, 2.24) is 9.47 Å². The van der Waals surface area contributed by atoms with E-state index in [1.54, 1.807) is 0 Å². The minimum Gasteiger partial charge on any atom is -0.380 e. The van der Waals surface area contributed by atoms with Crippen LogP contribution in [0.1, 0.15) is 19.8 Å². The standard InChI is InChI=1S/C19H24BrN3O3S2/c1-2-26-10-9-23-15-6-5-14(20)11-16(15)28-19(23)21-17(24)12-27-13-18(25)22-7-3-4-8-22/h5-6,11H,2-4,7-10,12-13H2,1H3. The number of amides is 2. The summed E-state index contributed by atoms with van der Waals surface area (Å²) in [4.78, 5) is 31.3. The maximum atomic E-state index is 12.4. The summed E-state index contributed by atoms with van der Waals surface area (Å²) in [6.45, 7) is 5.51. The van der Waals surface area contributed by atoms with E-state index in [-0.39, 0.29) is 17.6 Å². The largest absolute Gasteiger partial charge is 0.380 e. The Kier molecular flexibility index (Phi) is 8.13. The van der Waals surface area contributed by atoms with Crippen LogP contribution in [0.25, 0.3) is 10.2 Å². The van der Waals surface area contributed by atoms with Crippen LogP contribution in [-0.4, -0.2) is 59.1 Å². The molecule has 1 saturated heterocycles. The molecule has 2 amide bonds. The number of ether oxygens (including phenoxy) is 1. The Labute approximate surface area is 181 Å². The third kappa shape index (κ3) is 5.68. The number of hydrogen-bond acceptors (Lipinski definition) is 5. The first-order valence-electron chi connectivity index (χ1n) is 9.38. The molecule has 1 aromatic carbocycles. The molecule has 3 rings (SSSR count). The molecule has 1 aliphatic rings. The number of aromatic nitrogens is 1. The maximum Gasteiger partial charge on any atom is 0.258 e. The quantitative estimate of drug-likeness (QED) is 0.538. The van der Waals surface area contributed by atoms with E-state index in [1.165, 1.54) is 23.1 Å². The Morgan fingerprint density at radius 1 is 1.29 bits per heavy atom. The Hall–Kier alpha value is -1.16. The van der Waals surface area contributed by atoms with E-state index in [9.17, 15) is 9.59 Å². The normalized spacial score (nSPS) is 14.9. The van der Waals surface area contributed by atoms with Gasteiger partial charge in [-0.1, -0.05) is 27.3 Å². The summed E-state index contributed by atoms with van der Waals surface area (Å²) in [7, 11) is 0. The highest BCUT2D eigenvalue weighted by atomic mass is 79.9. The van der Waals surface area contributed by atoms with Crippen molar-refractivity contribution >= 4 is 61.1 Å². The molecule has 1 aromatic heterocycles. The highest BCUT2D eigenvalue weighted by Gasteiger charge is 2.18. The summed E-state index contributed by atoms with van der Waals surface area (Å²) in [5, 5.41) is 0. The van der Waals surface area contributed by atoms with E-state index >= 15 is 0 Å². The smallest absolute Gasteiger partial charge is 0.258 e. The Morgan fingerprint density at radius 2 is 2.07 bits per heavy atom. The number of likely N-dealkylation sites (tertiary alicyclic amines) is 1. The molecule has 1 aliphatic heterocycles. The molecule has 0 atom stereocenters. The van der Waals surface area contributed by atoms with Crippen molar-refractivity contribution in [3.05, 3.63) is 27.5 Å². The molecule has 0 aliphatic carbocycles. The number of halogens is 1. The van der Waals surface area contributed by atoms with Gasteiger partial charge in [0, 0.05) is 30.7 Å². The van der Waals surface area contributed by atoms with Crippen LogP contribution in [-0.2, 0) is 20.9 Å². The molecule has 0 saturated carbocycles. The van der Waals surface area contributed by atoms with Gasteiger partial charge >= 0.3 is 0 Å². The number of carbonyl (C=O) groups excluding carboxylic acids is 2. The van der Waals surface area contributed by atoms with Gasteiger partial charge in [0.05, 0.1) is 28.3 Å². The molecule has 2 aromatic rings. The van der Waals surface area contributed by atoms with Gasteiger partial charge in [-0.3, -0.25) is 9.59 Å². The maximum absolute atomic E-state index is 12.4. The summed E-state index contributed by atoms with van der Waals surface area (Å²) in [6, 6.07) is 6.04. The molecule has 0 spiro atoms. The van der Waals surface area contributed by atoms with Crippen LogP contribution in [0, 0.1) is 0 Å². The second-order valence-corrected chi connectivity index (χ2v) is 9.34. The molecular formula is C19H24BrN3O3S2. The van der Waals surface area contributed by atoms with Crippen LogP contribution in [0.5, 0.6) is 0 Å². The summed E-state index contributed by atoms with van der Waals surface area (Å²) in [6.07, 6.45) is 2.16. The molecule has 0 radical (unpaired) electrons. The lowest BCUT2D eigenvalue weighted by Gasteiger charge is -2.14. The van der Waals surface area contributed by atoms with Crippen LogP contribution >= 0.6 is 39.0 Å². The number of carbonyl (C=O) groups is 2.